The highest BCUT2D eigenvalue weighted by atomic mass is 127. The van der Waals surface area contributed by atoms with E-state index in [-0.39, 0.29) is 47.4 Å². The van der Waals surface area contributed by atoms with E-state index in [0.717, 1.165) is 51.3 Å². The summed E-state index contributed by atoms with van der Waals surface area (Å²) < 4.78 is 34.8. The van der Waals surface area contributed by atoms with Gasteiger partial charge in [0.1, 0.15) is 15.9 Å². The van der Waals surface area contributed by atoms with Crippen molar-refractivity contribution >= 4 is 39.8 Å². The lowest BCUT2D eigenvalue weighted by molar-refractivity contribution is -0.0817. The van der Waals surface area contributed by atoms with Crippen LogP contribution < -0.4 is 5.32 Å². The minimum absolute atomic E-state index is 0. The quantitative estimate of drug-likeness (QED) is 0.353. The van der Waals surface area contributed by atoms with E-state index in [2.05, 4.69) is 15.2 Å². The van der Waals surface area contributed by atoms with Crippen molar-refractivity contribution in [1.29, 1.82) is 0 Å². The van der Waals surface area contributed by atoms with Gasteiger partial charge in [0.2, 0.25) is 0 Å². The van der Waals surface area contributed by atoms with Crippen molar-refractivity contribution in [3.8, 4) is 0 Å². The minimum Gasteiger partial charge on any atom is -0.375 e. The van der Waals surface area contributed by atoms with Crippen LogP contribution in [-0.2, 0) is 19.3 Å². The fourth-order valence-corrected chi connectivity index (χ4v) is 5.20. The predicted octanol–water partition coefficient (Wildman–Crippen LogP) is 0.884. The van der Waals surface area contributed by atoms with Gasteiger partial charge >= 0.3 is 0 Å². The van der Waals surface area contributed by atoms with Crippen LogP contribution in [-0.4, -0.2) is 83.4 Å². The van der Waals surface area contributed by atoms with Gasteiger partial charge in [0.25, 0.3) is 0 Å². The van der Waals surface area contributed by atoms with Crippen LogP contribution in [0.3, 0.4) is 0 Å². The molecule has 3 rings (SSSR count). The van der Waals surface area contributed by atoms with Crippen molar-refractivity contribution in [3.05, 3.63) is 0 Å². The van der Waals surface area contributed by atoms with E-state index in [0.29, 0.717) is 13.2 Å². The third-order valence-electron chi connectivity index (χ3n) is 5.13. The lowest BCUT2D eigenvalue weighted by atomic mass is 10.1. The van der Waals surface area contributed by atoms with Gasteiger partial charge in [-0.1, -0.05) is 0 Å². The smallest absolute Gasteiger partial charge is 0.193 e. The van der Waals surface area contributed by atoms with E-state index in [1.165, 1.54) is 6.26 Å². The molecule has 0 amide bonds. The molecular formula is C16H30IN3O4S. The van der Waals surface area contributed by atoms with Crippen molar-refractivity contribution in [2.24, 2.45) is 10.4 Å². The number of hydrogen-bond donors (Lipinski definition) is 1. The zero-order chi connectivity index (χ0) is 17.2. The Bertz CT molecular complexity index is 574. The highest BCUT2D eigenvalue weighted by molar-refractivity contribution is 14.0. The molecule has 0 aromatic rings. The first-order valence-corrected chi connectivity index (χ1v) is 10.8. The number of morpholine rings is 1. The molecule has 0 bridgehead atoms. The molecule has 7 nitrogen and oxygen atoms in total. The first-order chi connectivity index (χ1) is 11.4. The van der Waals surface area contributed by atoms with Crippen molar-refractivity contribution in [1.82, 2.24) is 10.2 Å². The largest absolute Gasteiger partial charge is 0.375 e. The summed E-state index contributed by atoms with van der Waals surface area (Å²) >= 11 is 0. The van der Waals surface area contributed by atoms with E-state index in [1.807, 2.05) is 0 Å². The molecule has 25 heavy (non-hydrogen) atoms. The molecule has 3 aliphatic rings. The van der Waals surface area contributed by atoms with E-state index in [1.54, 1.807) is 7.05 Å². The fraction of sp³-hybridized carbons (Fsp3) is 0.938. The molecule has 1 aliphatic carbocycles. The lowest BCUT2D eigenvalue weighted by Crippen LogP contribution is -2.54. The molecule has 2 unspecified atom stereocenters. The monoisotopic (exact) mass is 487 g/mol. The molecule has 0 aromatic heterocycles. The molecule has 0 spiro atoms. The first kappa shape index (κ1) is 21.2. The molecule has 1 N–H and O–H groups in total. The van der Waals surface area contributed by atoms with Crippen molar-refractivity contribution in [3.63, 3.8) is 0 Å². The van der Waals surface area contributed by atoms with Crippen molar-refractivity contribution < 1.29 is 17.9 Å². The van der Waals surface area contributed by atoms with E-state index < -0.39 is 9.84 Å². The average molecular weight is 487 g/mol. The third kappa shape index (κ3) is 5.93. The number of aliphatic imine (C=N–C) groups is 1. The summed E-state index contributed by atoms with van der Waals surface area (Å²) in [6, 6.07) is 0. The summed E-state index contributed by atoms with van der Waals surface area (Å²) in [6.45, 7) is 3.71. The molecule has 2 saturated heterocycles. The summed E-state index contributed by atoms with van der Waals surface area (Å²) in [4.78, 5) is 6.59. The standard InChI is InChI=1S/C16H29N3O4S.HI/c1-17-15(18-11-16(5-6-16)12-24(2,20)21)19-7-9-23-14(10-19)13-4-3-8-22-13;/h13-14H,3-12H2,1-2H3,(H,17,18);1H. The number of nitrogens with zero attached hydrogens (tertiary/aromatic N) is 2. The third-order valence-corrected chi connectivity index (χ3v) is 6.27. The molecule has 0 aromatic carbocycles. The zero-order valence-corrected chi connectivity index (χ0v) is 18.2. The Morgan fingerprint density at radius 3 is 2.56 bits per heavy atom. The molecule has 9 heteroatoms. The summed E-state index contributed by atoms with van der Waals surface area (Å²) in [5.74, 6) is 1.09. The highest BCUT2D eigenvalue weighted by Gasteiger charge is 2.45. The molecule has 0 radical (unpaired) electrons. The SMILES string of the molecule is CN=C(NCC1(CS(C)(=O)=O)CC1)N1CCOC(C2CCCO2)C1.I. The van der Waals surface area contributed by atoms with Gasteiger partial charge in [-0.3, -0.25) is 4.99 Å². The number of hydrogen-bond acceptors (Lipinski definition) is 5. The lowest BCUT2D eigenvalue weighted by Gasteiger charge is -2.37. The van der Waals surface area contributed by atoms with Gasteiger partial charge in [-0.25, -0.2) is 8.42 Å². The topological polar surface area (TPSA) is 80.2 Å². The Hall–Kier alpha value is -0.130. The van der Waals surface area contributed by atoms with Gasteiger partial charge in [-0.15, -0.1) is 24.0 Å². The van der Waals surface area contributed by atoms with Gasteiger partial charge in [0.15, 0.2) is 5.96 Å². The maximum absolute atomic E-state index is 11.6. The van der Waals surface area contributed by atoms with E-state index in [4.69, 9.17) is 9.47 Å². The maximum atomic E-state index is 11.6. The Morgan fingerprint density at radius 1 is 1.28 bits per heavy atom. The van der Waals surface area contributed by atoms with Crippen LogP contribution in [0.25, 0.3) is 0 Å². The van der Waals surface area contributed by atoms with Crippen LogP contribution in [0, 0.1) is 5.41 Å². The Kier molecular flexibility index (Phi) is 7.37. The predicted molar refractivity (Wildman–Crippen MR) is 108 cm³/mol. The molecule has 1 saturated carbocycles. The minimum atomic E-state index is -2.95. The Balaban J connectivity index is 0.00000225. The van der Waals surface area contributed by atoms with Crippen LogP contribution in [0.4, 0.5) is 0 Å². The Morgan fingerprint density at radius 2 is 2.00 bits per heavy atom. The van der Waals surface area contributed by atoms with Crippen molar-refractivity contribution in [2.45, 2.75) is 37.9 Å². The van der Waals surface area contributed by atoms with E-state index >= 15 is 0 Å². The molecule has 2 heterocycles. The summed E-state index contributed by atoms with van der Waals surface area (Å²) in [5, 5.41) is 3.39. The molecule has 2 atom stereocenters. The summed E-state index contributed by atoms with van der Waals surface area (Å²) in [6.07, 6.45) is 5.68. The molecule has 2 aliphatic heterocycles. The van der Waals surface area contributed by atoms with Crippen LogP contribution in [0.1, 0.15) is 25.7 Å². The number of ether oxygens (including phenoxy) is 2. The summed E-state index contributed by atoms with van der Waals surface area (Å²) in [5.41, 5.74) is -0.107. The molecule has 146 valence electrons. The van der Waals surface area contributed by atoms with Gasteiger partial charge in [-0.2, -0.15) is 0 Å². The van der Waals surface area contributed by atoms with Crippen LogP contribution in [0.5, 0.6) is 0 Å². The number of guanidine groups is 1. The van der Waals surface area contributed by atoms with Gasteiger partial charge in [0.05, 0.1) is 18.5 Å². The maximum Gasteiger partial charge on any atom is 0.193 e. The highest BCUT2D eigenvalue weighted by Crippen LogP contribution is 2.46. The summed E-state index contributed by atoms with van der Waals surface area (Å²) in [7, 11) is -1.18. The molecule has 3 fully saturated rings. The Labute approximate surface area is 167 Å². The second kappa shape index (κ2) is 8.71. The first-order valence-electron chi connectivity index (χ1n) is 8.77. The molecular weight excluding hydrogens is 457 g/mol. The van der Waals surface area contributed by atoms with Crippen LogP contribution >= 0.6 is 24.0 Å². The normalized spacial score (nSPS) is 29.2. The number of rotatable bonds is 5. The van der Waals surface area contributed by atoms with Crippen LogP contribution in [0.2, 0.25) is 0 Å². The van der Waals surface area contributed by atoms with Gasteiger partial charge in [0, 0.05) is 45.0 Å². The number of halogens is 1. The zero-order valence-electron chi connectivity index (χ0n) is 15.1. The fourth-order valence-electron chi connectivity index (χ4n) is 3.69. The van der Waals surface area contributed by atoms with Crippen molar-refractivity contribution in [2.75, 3.05) is 51.9 Å². The van der Waals surface area contributed by atoms with E-state index in [9.17, 15) is 8.42 Å². The second-order valence-electron chi connectivity index (χ2n) is 7.38. The second-order valence-corrected chi connectivity index (χ2v) is 9.52. The van der Waals surface area contributed by atoms with Crippen LogP contribution in [0.15, 0.2) is 4.99 Å². The number of nitrogens with one attached hydrogen (secondary N) is 1. The van der Waals surface area contributed by atoms with Gasteiger partial charge < -0.3 is 19.7 Å². The number of sulfone groups is 1. The van der Waals surface area contributed by atoms with Gasteiger partial charge in [-0.05, 0) is 25.7 Å². The average Bonchev–Trinajstić information content (AvgIpc) is 3.07.